The van der Waals surface area contributed by atoms with E-state index in [4.69, 9.17) is 5.11 Å². The molecule has 0 aromatic carbocycles. The van der Waals surface area contributed by atoms with E-state index in [-0.39, 0.29) is 19.5 Å². The van der Waals surface area contributed by atoms with Gasteiger partial charge in [-0.25, -0.2) is 0 Å². The number of carbonyl (C=O) groups is 1. The van der Waals surface area contributed by atoms with Crippen LogP contribution < -0.4 is 0 Å². The number of pyridine rings is 1. The molecular formula is C12H17N3O4S. The summed E-state index contributed by atoms with van der Waals surface area (Å²) in [4.78, 5) is 14.8. The Balaban J connectivity index is 2.10. The number of carboxylic acids is 1. The van der Waals surface area contributed by atoms with Gasteiger partial charge in [0.1, 0.15) is 0 Å². The summed E-state index contributed by atoms with van der Waals surface area (Å²) in [5.41, 5.74) is 1.82. The first-order chi connectivity index (χ1) is 9.41. The van der Waals surface area contributed by atoms with Gasteiger partial charge in [-0.2, -0.15) is 17.0 Å². The molecule has 0 fully saturated rings. The van der Waals surface area contributed by atoms with Gasteiger partial charge < -0.3 is 5.11 Å². The molecule has 8 heteroatoms. The zero-order chi connectivity index (χ0) is 14.8. The Labute approximate surface area is 118 Å². The van der Waals surface area contributed by atoms with Crippen molar-refractivity contribution in [3.8, 4) is 0 Å². The van der Waals surface area contributed by atoms with Gasteiger partial charge in [-0.1, -0.05) is 6.07 Å². The number of carboxylic acid groups (broad SMARTS) is 1. The summed E-state index contributed by atoms with van der Waals surface area (Å²) >= 11 is 0. The third-order valence-corrected chi connectivity index (χ3v) is 5.22. The van der Waals surface area contributed by atoms with Gasteiger partial charge in [0.15, 0.2) is 0 Å². The molecule has 0 bridgehead atoms. The van der Waals surface area contributed by atoms with Gasteiger partial charge in [-0.05, 0) is 11.6 Å². The molecule has 0 unspecified atom stereocenters. The van der Waals surface area contributed by atoms with E-state index in [1.165, 1.54) is 11.4 Å². The van der Waals surface area contributed by atoms with Crippen molar-refractivity contribution < 1.29 is 18.3 Å². The van der Waals surface area contributed by atoms with Crippen LogP contribution in [0.25, 0.3) is 0 Å². The molecule has 1 N–H and O–H groups in total. The Kier molecular flexibility index (Phi) is 4.36. The Morgan fingerprint density at radius 1 is 1.55 bits per heavy atom. The lowest BCUT2D eigenvalue weighted by Crippen LogP contribution is -2.44. The molecule has 20 heavy (non-hydrogen) atoms. The van der Waals surface area contributed by atoms with E-state index in [0.717, 1.165) is 15.6 Å². The highest BCUT2D eigenvalue weighted by Gasteiger charge is 2.30. The van der Waals surface area contributed by atoms with Gasteiger partial charge >= 0.3 is 5.97 Å². The number of aromatic nitrogens is 1. The van der Waals surface area contributed by atoms with Crippen LogP contribution in [0.3, 0.4) is 0 Å². The van der Waals surface area contributed by atoms with E-state index in [0.29, 0.717) is 13.0 Å². The summed E-state index contributed by atoms with van der Waals surface area (Å²) in [6.07, 6.45) is 2.06. The average molecular weight is 299 g/mol. The van der Waals surface area contributed by atoms with Crippen molar-refractivity contribution in [2.75, 3.05) is 20.1 Å². The highest BCUT2D eigenvalue weighted by molar-refractivity contribution is 7.86. The number of fused-ring (bicyclic) bond motifs is 1. The number of aliphatic carboxylic acids is 1. The maximum Gasteiger partial charge on any atom is 0.304 e. The van der Waals surface area contributed by atoms with Gasteiger partial charge in [-0.15, -0.1) is 0 Å². The van der Waals surface area contributed by atoms with Crippen molar-refractivity contribution in [1.82, 2.24) is 13.6 Å². The fourth-order valence-corrected chi connectivity index (χ4v) is 3.44. The highest BCUT2D eigenvalue weighted by Crippen LogP contribution is 2.20. The lowest BCUT2D eigenvalue weighted by Gasteiger charge is -2.30. The van der Waals surface area contributed by atoms with E-state index in [2.05, 4.69) is 4.98 Å². The monoisotopic (exact) mass is 299 g/mol. The van der Waals surface area contributed by atoms with Crippen LogP contribution >= 0.6 is 0 Å². The topological polar surface area (TPSA) is 90.8 Å². The van der Waals surface area contributed by atoms with Gasteiger partial charge in [0.25, 0.3) is 10.2 Å². The summed E-state index contributed by atoms with van der Waals surface area (Å²) < 4.78 is 27.1. The second kappa shape index (κ2) is 5.86. The maximum absolute atomic E-state index is 12.3. The molecule has 0 amide bonds. The second-order valence-electron chi connectivity index (χ2n) is 4.67. The number of hydrogen-bond donors (Lipinski definition) is 1. The van der Waals surface area contributed by atoms with Crippen LogP contribution in [0.15, 0.2) is 18.3 Å². The third kappa shape index (κ3) is 3.14. The van der Waals surface area contributed by atoms with Gasteiger partial charge in [0, 0.05) is 45.0 Å². The van der Waals surface area contributed by atoms with Gasteiger partial charge in [-0.3, -0.25) is 9.78 Å². The molecule has 2 heterocycles. The average Bonchev–Trinajstić information content (AvgIpc) is 2.44. The molecule has 1 aliphatic rings. The SMILES string of the molecule is CN(CCC(=O)O)S(=O)(=O)N1CCc2ncccc2C1. The van der Waals surface area contributed by atoms with Crippen LogP contribution in [0.1, 0.15) is 17.7 Å². The van der Waals surface area contributed by atoms with E-state index < -0.39 is 16.2 Å². The minimum atomic E-state index is -3.62. The molecule has 0 atom stereocenters. The Hall–Kier alpha value is -1.51. The molecule has 1 aromatic heterocycles. The molecule has 0 spiro atoms. The first-order valence-corrected chi connectivity index (χ1v) is 7.67. The maximum atomic E-state index is 12.3. The van der Waals surface area contributed by atoms with Crippen LogP contribution in [0.4, 0.5) is 0 Å². The van der Waals surface area contributed by atoms with Crippen molar-refractivity contribution in [1.29, 1.82) is 0 Å². The molecule has 2 rings (SSSR count). The highest BCUT2D eigenvalue weighted by atomic mass is 32.2. The third-order valence-electron chi connectivity index (χ3n) is 3.29. The zero-order valence-corrected chi connectivity index (χ0v) is 12.0. The van der Waals surface area contributed by atoms with Gasteiger partial charge in [0.05, 0.1) is 6.42 Å². The van der Waals surface area contributed by atoms with E-state index in [1.54, 1.807) is 12.3 Å². The quantitative estimate of drug-likeness (QED) is 0.832. The van der Waals surface area contributed by atoms with Crippen LogP contribution in [0, 0.1) is 0 Å². The molecule has 0 saturated carbocycles. The number of rotatable bonds is 5. The zero-order valence-electron chi connectivity index (χ0n) is 11.2. The van der Waals surface area contributed by atoms with Gasteiger partial charge in [0.2, 0.25) is 0 Å². The normalized spacial score (nSPS) is 16.1. The first-order valence-electron chi connectivity index (χ1n) is 6.27. The minimum absolute atomic E-state index is 0.0337. The van der Waals surface area contributed by atoms with E-state index in [1.807, 2.05) is 6.07 Å². The fraction of sp³-hybridized carbons (Fsp3) is 0.500. The summed E-state index contributed by atoms with van der Waals surface area (Å²) in [7, 11) is -2.23. The summed E-state index contributed by atoms with van der Waals surface area (Å²) in [6, 6.07) is 3.64. The summed E-state index contributed by atoms with van der Waals surface area (Å²) in [5.74, 6) is -1.01. The van der Waals surface area contributed by atoms with E-state index >= 15 is 0 Å². The fourth-order valence-electron chi connectivity index (χ4n) is 2.10. The molecule has 0 radical (unpaired) electrons. The van der Waals surface area contributed by atoms with Crippen LogP contribution in [0.5, 0.6) is 0 Å². The standard InChI is InChI=1S/C12H17N3O4S/c1-14(7-5-12(16)17)20(18,19)15-8-4-11-10(9-15)3-2-6-13-11/h2-3,6H,4-5,7-9H2,1H3,(H,16,17). The molecule has 0 saturated heterocycles. The first kappa shape index (κ1) is 14.9. The molecule has 0 aliphatic carbocycles. The lowest BCUT2D eigenvalue weighted by atomic mass is 10.1. The number of hydrogen-bond acceptors (Lipinski definition) is 4. The smallest absolute Gasteiger partial charge is 0.304 e. The molecular weight excluding hydrogens is 282 g/mol. The largest absolute Gasteiger partial charge is 0.481 e. The van der Waals surface area contributed by atoms with Crippen LogP contribution in [-0.2, 0) is 28.0 Å². The molecule has 1 aromatic rings. The predicted molar refractivity (Wildman–Crippen MR) is 72.2 cm³/mol. The van der Waals surface area contributed by atoms with Crippen LogP contribution in [-0.4, -0.2) is 53.2 Å². The van der Waals surface area contributed by atoms with Crippen molar-refractivity contribution in [2.24, 2.45) is 0 Å². The lowest BCUT2D eigenvalue weighted by molar-refractivity contribution is -0.137. The Morgan fingerprint density at radius 3 is 3.00 bits per heavy atom. The summed E-state index contributed by atoms with van der Waals surface area (Å²) in [5, 5.41) is 8.63. The predicted octanol–water partition coefficient (Wildman–Crippen LogP) is 0.0910. The van der Waals surface area contributed by atoms with Crippen LogP contribution in [0.2, 0.25) is 0 Å². The Morgan fingerprint density at radius 2 is 2.30 bits per heavy atom. The molecule has 7 nitrogen and oxygen atoms in total. The van der Waals surface area contributed by atoms with Crippen molar-refractivity contribution >= 4 is 16.2 Å². The summed E-state index contributed by atoms with van der Waals surface area (Å²) in [6.45, 7) is 0.612. The van der Waals surface area contributed by atoms with Crippen molar-refractivity contribution in [3.63, 3.8) is 0 Å². The van der Waals surface area contributed by atoms with E-state index in [9.17, 15) is 13.2 Å². The second-order valence-corrected chi connectivity index (χ2v) is 6.70. The van der Waals surface area contributed by atoms with Crippen molar-refractivity contribution in [2.45, 2.75) is 19.4 Å². The molecule has 1 aliphatic heterocycles. The minimum Gasteiger partial charge on any atom is -0.481 e. The molecule has 110 valence electrons. The number of nitrogens with zero attached hydrogens (tertiary/aromatic N) is 3. The Bertz CT molecular complexity index is 602. The van der Waals surface area contributed by atoms with Crippen molar-refractivity contribution in [3.05, 3.63) is 29.6 Å².